The normalized spacial score (nSPS) is 12.3. The number of aromatic nitrogens is 3. The Kier molecular flexibility index (Phi) is 6.28. The predicted octanol–water partition coefficient (Wildman–Crippen LogP) is 4.67. The number of nitrogens with zero attached hydrogens (tertiary/aromatic N) is 3. The highest BCUT2D eigenvalue weighted by Gasteiger charge is 2.19. The van der Waals surface area contributed by atoms with Crippen LogP contribution in [0.3, 0.4) is 0 Å². The Morgan fingerprint density at radius 1 is 1.22 bits per heavy atom. The molecule has 1 N–H and O–H groups in total. The van der Waals surface area contributed by atoms with Gasteiger partial charge in [-0.1, -0.05) is 37.7 Å². The summed E-state index contributed by atoms with van der Waals surface area (Å²) in [5, 5.41) is 14.0. The minimum absolute atomic E-state index is 0.104. The molecule has 2 aromatic heterocycles. The van der Waals surface area contributed by atoms with Crippen LogP contribution in [0.1, 0.15) is 48.8 Å². The number of thioether (sulfide) groups is 1. The molecule has 6 nitrogen and oxygen atoms in total. The SMILES string of the molecule is Cc1nc(Cc2nnc(S[C@H](C)C(=O)Nc3ccc(C(C)C)cc3)o2)cs1. The number of amides is 1. The number of hydrogen-bond acceptors (Lipinski definition) is 7. The van der Waals surface area contributed by atoms with Crippen LogP contribution in [0.5, 0.6) is 0 Å². The molecule has 2 heterocycles. The van der Waals surface area contributed by atoms with E-state index in [1.807, 2.05) is 43.5 Å². The van der Waals surface area contributed by atoms with Gasteiger partial charge < -0.3 is 9.73 Å². The van der Waals surface area contributed by atoms with Crippen LogP contribution in [-0.4, -0.2) is 26.3 Å². The van der Waals surface area contributed by atoms with Crippen molar-refractivity contribution >= 4 is 34.7 Å². The minimum Gasteiger partial charge on any atom is -0.416 e. The Balaban J connectivity index is 1.55. The van der Waals surface area contributed by atoms with Crippen LogP contribution in [-0.2, 0) is 11.2 Å². The summed E-state index contributed by atoms with van der Waals surface area (Å²) in [6.07, 6.45) is 0.501. The summed E-state index contributed by atoms with van der Waals surface area (Å²) in [6.45, 7) is 8.05. The largest absolute Gasteiger partial charge is 0.416 e. The third-order valence-corrected chi connectivity index (χ3v) is 5.70. The lowest BCUT2D eigenvalue weighted by Gasteiger charge is -2.11. The van der Waals surface area contributed by atoms with Crippen molar-refractivity contribution < 1.29 is 9.21 Å². The molecule has 0 unspecified atom stereocenters. The van der Waals surface area contributed by atoms with Crippen molar-refractivity contribution in [2.45, 2.75) is 50.5 Å². The van der Waals surface area contributed by atoms with E-state index in [9.17, 15) is 4.79 Å². The zero-order chi connectivity index (χ0) is 19.4. The molecular formula is C19H22N4O2S2. The van der Waals surface area contributed by atoms with Gasteiger partial charge in [0.2, 0.25) is 11.8 Å². The third kappa shape index (κ3) is 5.40. The number of carbonyl (C=O) groups is 1. The van der Waals surface area contributed by atoms with Crippen molar-refractivity contribution in [2.24, 2.45) is 0 Å². The van der Waals surface area contributed by atoms with Gasteiger partial charge in [0.15, 0.2) is 0 Å². The summed E-state index contributed by atoms with van der Waals surface area (Å²) < 4.78 is 5.64. The second kappa shape index (κ2) is 8.67. The average Bonchev–Trinajstić information content (AvgIpc) is 3.24. The molecule has 0 saturated carbocycles. The molecule has 0 fully saturated rings. The van der Waals surface area contributed by atoms with Gasteiger partial charge in [0.1, 0.15) is 0 Å². The second-order valence-electron chi connectivity index (χ2n) is 6.52. The van der Waals surface area contributed by atoms with Gasteiger partial charge in [-0.05, 0) is 37.5 Å². The number of aryl methyl sites for hydroxylation is 1. The van der Waals surface area contributed by atoms with Crippen LogP contribution < -0.4 is 5.32 Å². The second-order valence-corrected chi connectivity index (χ2v) is 8.88. The van der Waals surface area contributed by atoms with Crippen molar-refractivity contribution in [1.82, 2.24) is 15.2 Å². The van der Waals surface area contributed by atoms with E-state index in [1.54, 1.807) is 11.3 Å². The molecule has 1 aromatic carbocycles. The van der Waals surface area contributed by atoms with Crippen LogP contribution in [0, 0.1) is 6.92 Å². The standard InChI is InChI=1S/C19H22N4O2S2/c1-11(2)14-5-7-15(8-6-14)21-18(24)12(3)27-19-23-22-17(25-19)9-16-10-26-13(4)20-16/h5-8,10-12H,9H2,1-4H3,(H,21,24)/t12-/m1/s1. The summed E-state index contributed by atoms with van der Waals surface area (Å²) in [7, 11) is 0. The van der Waals surface area contributed by atoms with Crippen LogP contribution in [0.15, 0.2) is 39.3 Å². The number of anilines is 1. The Hall–Kier alpha value is -2.19. The molecular weight excluding hydrogens is 380 g/mol. The van der Waals surface area contributed by atoms with Gasteiger partial charge in [-0.15, -0.1) is 21.5 Å². The fourth-order valence-corrected chi connectivity index (χ4v) is 3.71. The van der Waals surface area contributed by atoms with E-state index in [0.29, 0.717) is 23.5 Å². The average molecular weight is 403 g/mol. The monoisotopic (exact) mass is 402 g/mol. The van der Waals surface area contributed by atoms with E-state index in [0.717, 1.165) is 16.4 Å². The molecule has 1 amide bonds. The van der Waals surface area contributed by atoms with Crippen LogP contribution in [0.4, 0.5) is 5.69 Å². The molecule has 0 aliphatic heterocycles. The number of nitrogens with one attached hydrogen (secondary N) is 1. The molecule has 142 valence electrons. The van der Waals surface area contributed by atoms with E-state index >= 15 is 0 Å². The van der Waals surface area contributed by atoms with Gasteiger partial charge in [-0.25, -0.2) is 4.98 Å². The highest BCUT2D eigenvalue weighted by atomic mass is 32.2. The van der Waals surface area contributed by atoms with Crippen molar-refractivity contribution in [3.8, 4) is 0 Å². The van der Waals surface area contributed by atoms with Gasteiger partial charge in [-0.2, -0.15) is 0 Å². The maximum absolute atomic E-state index is 12.4. The highest BCUT2D eigenvalue weighted by Crippen LogP contribution is 2.24. The van der Waals surface area contributed by atoms with E-state index in [-0.39, 0.29) is 11.2 Å². The maximum Gasteiger partial charge on any atom is 0.277 e. The number of benzene rings is 1. The fraction of sp³-hybridized carbons (Fsp3) is 0.368. The quantitative estimate of drug-likeness (QED) is 0.579. The first-order valence-corrected chi connectivity index (χ1v) is 10.5. The smallest absolute Gasteiger partial charge is 0.277 e. The zero-order valence-electron chi connectivity index (χ0n) is 15.7. The first kappa shape index (κ1) is 19.6. The Labute approximate surface area is 166 Å². The van der Waals surface area contributed by atoms with Crippen molar-refractivity contribution in [2.75, 3.05) is 5.32 Å². The van der Waals surface area contributed by atoms with Gasteiger partial charge >= 0.3 is 0 Å². The summed E-state index contributed by atoms with van der Waals surface area (Å²) in [5.74, 6) is 0.857. The number of thiazole rings is 1. The Bertz CT molecular complexity index is 903. The maximum atomic E-state index is 12.4. The molecule has 0 bridgehead atoms. The molecule has 27 heavy (non-hydrogen) atoms. The van der Waals surface area contributed by atoms with E-state index in [2.05, 4.69) is 34.3 Å². The van der Waals surface area contributed by atoms with E-state index < -0.39 is 0 Å². The molecule has 0 spiro atoms. The first-order valence-electron chi connectivity index (χ1n) is 8.71. The topological polar surface area (TPSA) is 80.9 Å². The summed E-state index contributed by atoms with van der Waals surface area (Å²) in [5.41, 5.74) is 2.93. The van der Waals surface area contributed by atoms with Gasteiger partial charge in [0, 0.05) is 11.1 Å². The van der Waals surface area contributed by atoms with Crippen molar-refractivity contribution in [3.63, 3.8) is 0 Å². The summed E-state index contributed by atoms with van der Waals surface area (Å²) in [6, 6.07) is 7.90. The molecule has 0 aliphatic carbocycles. The number of hydrogen-bond donors (Lipinski definition) is 1. The van der Waals surface area contributed by atoms with Gasteiger partial charge in [-0.3, -0.25) is 4.79 Å². The molecule has 3 aromatic rings. The van der Waals surface area contributed by atoms with Gasteiger partial charge in [0.25, 0.3) is 5.22 Å². The fourth-order valence-electron chi connectivity index (χ4n) is 2.40. The first-order chi connectivity index (χ1) is 12.9. The van der Waals surface area contributed by atoms with Crippen LogP contribution >= 0.6 is 23.1 Å². The lowest BCUT2D eigenvalue weighted by atomic mass is 10.0. The molecule has 8 heteroatoms. The summed E-state index contributed by atoms with van der Waals surface area (Å²) in [4.78, 5) is 16.8. The molecule has 1 atom stereocenters. The summed E-state index contributed by atoms with van der Waals surface area (Å²) >= 11 is 2.83. The molecule has 0 saturated heterocycles. The molecule has 0 aliphatic rings. The highest BCUT2D eigenvalue weighted by molar-refractivity contribution is 8.00. The van der Waals surface area contributed by atoms with Gasteiger partial charge in [0.05, 0.1) is 22.4 Å². The Morgan fingerprint density at radius 2 is 1.96 bits per heavy atom. The molecule has 0 radical (unpaired) electrons. The third-order valence-electron chi connectivity index (χ3n) is 3.94. The lowest BCUT2D eigenvalue weighted by Crippen LogP contribution is -2.22. The van der Waals surface area contributed by atoms with Crippen molar-refractivity contribution in [3.05, 3.63) is 51.8 Å². The van der Waals surface area contributed by atoms with E-state index in [1.165, 1.54) is 17.3 Å². The number of rotatable bonds is 7. The predicted molar refractivity (Wildman–Crippen MR) is 108 cm³/mol. The van der Waals surface area contributed by atoms with Crippen molar-refractivity contribution in [1.29, 1.82) is 0 Å². The van der Waals surface area contributed by atoms with Crippen LogP contribution in [0.2, 0.25) is 0 Å². The van der Waals surface area contributed by atoms with Crippen LogP contribution in [0.25, 0.3) is 0 Å². The molecule has 3 rings (SSSR count). The minimum atomic E-state index is -0.357. The number of carbonyl (C=O) groups excluding carboxylic acids is 1. The Morgan fingerprint density at radius 3 is 2.59 bits per heavy atom. The van der Waals surface area contributed by atoms with E-state index in [4.69, 9.17) is 4.42 Å². The lowest BCUT2D eigenvalue weighted by molar-refractivity contribution is -0.115. The zero-order valence-corrected chi connectivity index (χ0v) is 17.4.